The Labute approximate surface area is 120 Å². The highest BCUT2D eigenvalue weighted by Crippen LogP contribution is 2.33. The van der Waals surface area contributed by atoms with E-state index in [9.17, 15) is 10.1 Å². The molecule has 106 valence electrons. The molecule has 1 aliphatic rings. The molecule has 0 saturated carbocycles. The molecular formula is C12H15N5O2S. The van der Waals surface area contributed by atoms with Crippen molar-refractivity contribution in [1.82, 2.24) is 14.5 Å². The smallest absolute Gasteiger partial charge is 0.345 e. The zero-order valence-corrected chi connectivity index (χ0v) is 11.9. The van der Waals surface area contributed by atoms with E-state index in [1.54, 1.807) is 0 Å². The minimum atomic E-state index is -0.388. The van der Waals surface area contributed by atoms with Crippen LogP contribution in [0.2, 0.25) is 0 Å². The second kappa shape index (κ2) is 5.20. The van der Waals surface area contributed by atoms with E-state index in [0.717, 1.165) is 48.2 Å². The Morgan fingerprint density at radius 2 is 2.35 bits per heavy atom. The Kier molecular flexibility index (Phi) is 3.39. The third-order valence-corrected chi connectivity index (χ3v) is 4.59. The highest BCUT2D eigenvalue weighted by atomic mass is 32.1. The molecular weight excluding hydrogens is 278 g/mol. The van der Waals surface area contributed by atoms with Crippen LogP contribution < -0.4 is 4.90 Å². The van der Waals surface area contributed by atoms with Gasteiger partial charge < -0.3 is 9.47 Å². The van der Waals surface area contributed by atoms with Gasteiger partial charge >= 0.3 is 5.00 Å². The maximum absolute atomic E-state index is 10.7. The number of hydrogen-bond donors (Lipinski definition) is 0. The number of hydrogen-bond acceptors (Lipinski definition) is 6. The summed E-state index contributed by atoms with van der Waals surface area (Å²) >= 11 is 1.14. The van der Waals surface area contributed by atoms with Crippen molar-refractivity contribution in [2.75, 3.05) is 18.0 Å². The minimum Gasteiger partial charge on any atom is -0.347 e. The lowest BCUT2D eigenvalue weighted by Crippen LogP contribution is -2.35. The van der Waals surface area contributed by atoms with E-state index in [4.69, 9.17) is 0 Å². The number of aryl methyl sites for hydroxylation is 1. The standard InChI is InChI=1S/C12H15N5O2S/c1-15-6-4-13-11(15)9-3-2-5-16(8-9)12-14-7-10(20-12)17(18)19/h4,6-7,9H,2-3,5,8H2,1H3/t9-/m1/s1. The van der Waals surface area contributed by atoms with Crippen LogP contribution in [-0.4, -0.2) is 32.5 Å². The molecule has 0 radical (unpaired) electrons. The molecule has 0 N–H and O–H groups in total. The lowest BCUT2D eigenvalue weighted by molar-refractivity contribution is -0.380. The second-order valence-corrected chi connectivity index (χ2v) is 5.91. The van der Waals surface area contributed by atoms with Crippen LogP contribution in [0.4, 0.5) is 10.1 Å². The van der Waals surface area contributed by atoms with Crippen LogP contribution in [0.3, 0.4) is 0 Å². The average Bonchev–Trinajstić information content (AvgIpc) is 3.07. The fourth-order valence-electron chi connectivity index (χ4n) is 2.62. The van der Waals surface area contributed by atoms with Gasteiger partial charge in [0.1, 0.15) is 12.0 Å². The van der Waals surface area contributed by atoms with Crippen LogP contribution in [-0.2, 0) is 7.05 Å². The predicted octanol–water partition coefficient (Wildman–Crippen LogP) is 2.17. The topological polar surface area (TPSA) is 77.1 Å². The molecule has 3 rings (SSSR count). The summed E-state index contributed by atoms with van der Waals surface area (Å²) in [5.74, 6) is 1.42. The molecule has 1 fully saturated rings. The normalized spacial score (nSPS) is 19.2. The fraction of sp³-hybridized carbons (Fsp3) is 0.500. The number of aromatic nitrogens is 3. The number of thiazole rings is 1. The van der Waals surface area contributed by atoms with E-state index in [0.29, 0.717) is 5.92 Å². The van der Waals surface area contributed by atoms with Crippen LogP contribution in [0, 0.1) is 10.1 Å². The molecule has 1 atom stereocenters. The Hall–Kier alpha value is -1.96. The number of rotatable bonds is 3. The first-order valence-corrected chi connectivity index (χ1v) is 7.29. The van der Waals surface area contributed by atoms with Crippen molar-refractivity contribution in [2.45, 2.75) is 18.8 Å². The molecule has 0 amide bonds. The number of nitrogens with zero attached hydrogens (tertiary/aromatic N) is 5. The highest BCUT2D eigenvalue weighted by molar-refractivity contribution is 7.18. The summed E-state index contributed by atoms with van der Waals surface area (Å²) in [5, 5.41) is 11.6. The van der Waals surface area contributed by atoms with Crippen molar-refractivity contribution < 1.29 is 4.92 Å². The molecule has 0 spiro atoms. The molecule has 8 heteroatoms. The first-order valence-electron chi connectivity index (χ1n) is 6.47. The van der Waals surface area contributed by atoms with E-state index < -0.39 is 0 Å². The van der Waals surface area contributed by atoms with Crippen LogP contribution in [0.1, 0.15) is 24.6 Å². The Morgan fingerprint density at radius 1 is 1.50 bits per heavy atom. The lowest BCUT2D eigenvalue weighted by atomic mass is 9.97. The Bertz CT molecular complexity index is 623. The van der Waals surface area contributed by atoms with Crippen molar-refractivity contribution in [2.24, 2.45) is 7.05 Å². The third kappa shape index (κ3) is 2.38. The van der Waals surface area contributed by atoms with Crippen LogP contribution in [0.15, 0.2) is 18.6 Å². The molecule has 0 aromatic carbocycles. The van der Waals surface area contributed by atoms with E-state index >= 15 is 0 Å². The molecule has 7 nitrogen and oxygen atoms in total. The molecule has 20 heavy (non-hydrogen) atoms. The van der Waals surface area contributed by atoms with Crippen LogP contribution in [0.5, 0.6) is 0 Å². The van der Waals surface area contributed by atoms with Crippen LogP contribution in [0.25, 0.3) is 0 Å². The summed E-state index contributed by atoms with van der Waals surface area (Å²) in [4.78, 5) is 21.1. The maximum atomic E-state index is 10.7. The summed E-state index contributed by atoms with van der Waals surface area (Å²) in [6, 6.07) is 0. The largest absolute Gasteiger partial charge is 0.347 e. The van der Waals surface area contributed by atoms with Gasteiger partial charge in [0, 0.05) is 38.4 Å². The number of nitro groups is 1. The minimum absolute atomic E-state index is 0.0964. The SMILES string of the molecule is Cn1ccnc1[C@@H]1CCCN(c2ncc([N+](=O)[O-])s2)C1. The second-order valence-electron chi connectivity index (χ2n) is 4.92. The fourth-order valence-corrected chi connectivity index (χ4v) is 3.39. The average molecular weight is 293 g/mol. The Morgan fingerprint density at radius 3 is 3.00 bits per heavy atom. The van der Waals surface area contributed by atoms with Gasteiger partial charge in [-0.3, -0.25) is 10.1 Å². The van der Waals surface area contributed by atoms with Gasteiger partial charge in [0.25, 0.3) is 0 Å². The summed E-state index contributed by atoms with van der Waals surface area (Å²) in [7, 11) is 2.00. The molecule has 0 unspecified atom stereocenters. The van der Waals surface area contributed by atoms with Crippen molar-refractivity contribution in [3.63, 3.8) is 0 Å². The summed E-state index contributed by atoms with van der Waals surface area (Å²) in [6.45, 7) is 1.71. The van der Waals surface area contributed by atoms with Gasteiger partial charge in [-0.2, -0.15) is 0 Å². The summed E-state index contributed by atoms with van der Waals surface area (Å²) in [5.41, 5.74) is 0. The van der Waals surface area contributed by atoms with Crippen LogP contribution >= 0.6 is 11.3 Å². The highest BCUT2D eigenvalue weighted by Gasteiger charge is 2.26. The zero-order chi connectivity index (χ0) is 14.1. The van der Waals surface area contributed by atoms with Crippen molar-refractivity contribution in [1.29, 1.82) is 0 Å². The van der Waals surface area contributed by atoms with Crippen molar-refractivity contribution in [3.8, 4) is 0 Å². The summed E-state index contributed by atoms with van der Waals surface area (Å²) in [6.07, 6.45) is 7.23. The third-order valence-electron chi connectivity index (χ3n) is 3.58. The zero-order valence-electron chi connectivity index (χ0n) is 11.1. The molecule has 1 aliphatic heterocycles. The quantitative estimate of drug-likeness (QED) is 0.640. The Balaban J connectivity index is 1.77. The molecule has 1 saturated heterocycles. The van der Waals surface area contributed by atoms with E-state index in [-0.39, 0.29) is 9.92 Å². The lowest BCUT2D eigenvalue weighted by Gasteiger charge is -2.31. The monoisotopic (exact) mass is 293 g/mol. The van der Waals surface area contributed by atoms with Gasteiger partial charge in [-0.1, -0.05) is 0 Å². The van der Waals surface area contributed by atoms with Crippen molar-refractivity contribution in [3.05, 3.63) is 34.5 Å². The summed E-state index contributed by atoms with van der Waals surface area (Å²) < 4.78 is 2.04. The van der Waals surface area contributed by atoms with E-state index in [1.807, 2.05) is 24.0 Å². The number of anilines is 1. The predicted molar refractivity (Wildman–Crippen MR) is 76.2 cm³/mol. The van der Waals surface area contributed by atoms with E-state index in [2.05, 4.69) is 14.9 Å². The van der Waals surface area contributed by atoms with Crippen molar-refractivity contribution >= 4 is 21.5 Å². The number of imidazole rings is 1. The van der Waals surface area contributed by atoms with Gasteiger partial charge in [-0.05, 0) is 24.2 Å². The molecule has 2 aromatic heterocycles. The van der Waals surface area contributed by atoms with Gasteiger partial charge in [-0.25, -0.2) is 9.97 Å². The van der Waals surface area contributed by atoms with Gasteiger partial charge in [0.05, 0.1) is 4.92 Å². The molecule has 0 bridgehead atoms. The van der Waals surface area contributed by atoms with E-state index in [1.165, 1.54) is 6.20 Å². The molecule has 0 aliphatic carbocycles. The van der Waals surface area contributed by atoms with Gasteiger partial charge in [0.2, 0.25) is 0 Å². The maximum Gasteiger partial charge on any atom is 0.345 e. The first kappa shape index (κ1) is 13.0. The molecule has 3 heterocycles. The van der Waals surface area contributed by atoms with Gasteiger partial charge in [-0.15, -0.1) is 0 Å². The van der Waals surface area contributed by atoms with Gasteiger partial charge in [0.15, 0.2) is 5.13 Å². The molecule has 2 aromatic rings. The number of piperidine rings is 1. The first-order chi connectivity index (χ1) is 9.65.